The van der Waals surface area contributed by atoms with Crippen molar-refractivity contribution >= 4 is 33.5 Å². The summed E-state index contributed by atoms with van der Waals surface area (Å²) in [6.07, 6.45) is 1.08. The normalized spacial score (nSPS) is 16.7. The fourth-order valence-electron chi connectivity index (χ4n) is 3.70. The number of anilines is 1. The van der Waals surface area contributed by atoms with Crippen molar-refractivity contribution in [1.29, 1.82) is 0 Å². The van der Waals surface area contributed by atoms with Crippen LogP contribution >= 0.6 is 11.6 Å². The lowest BCUT2D eigenvalue weighted by Crippen LogP contribution is -2.43. The van der Waals surface area contributed by atoms with E-state index >= 15 is 0 Å². The van der Waals surface area contributed by atoms with E-state index in [-0.39, 0.29) is 23.3 Å². The molecule has 2 aromatic carbocycles. The van der Waals surface area contributed by atoms with E-state index in [1.54, 1.807) is 25.3 Å². The summed E-state index contributed by atoms with van der Waals surface area (Å²) in [4.78, 5) is 13.0. The number of benzene rings is 2. The number of carbonyl (C=O) groups is 1. The van der Waals surface area contributed by atoms with Gasteiger partial charge in [0.15, 0.2) is 0 Å². The molecule has 1 N–H and O–H groups in total. The third-order valence-electron chi connectivity index (χ3n) is 5.50. The predicted molar refractivity (Wildman–Crippen MR) is 124 cm³/mol. The minimum atomic E-state index is -3.74. The van der Waals surface area contributed by atoms with E-state index in [4.69, 9.17) is 25.5 Å². The number of methoxy groups -OCH3 is 2. The number of piperidine rings is 1. The second-order valence-electron chi connectivity index (χ2n) is 7.62. The van der Waals surface area contributed by atoms with Crippen molar-refractivity contribution in [2.24, 2.45) is 5.92 Å². The Morgan fingerprint density at radius 2 is 1.91 bits per heavy atom. The largest absolute Gasteiger partial charge is 0.497 e. The number of hydrogen-bond acceptors (Lipinski definition) is 8. The molecule has 2 heterocycles. The highest BCUT2D eigenvalue weighted by molar-refractivity contribution is 7.89. The van der Waals surface area contributed by atoms with Crippen molar-refractivity contribution in [3.63, 3.8) is 0 Å². The van der Waals surface area contributed by atoms with Crippen LogP contribution in [0.25, 0.3) is 11.5 Å². The Labute approximate surface area is 201 Å². The zero-order chi connectivity index (χ0) is 24.3. The Morgan fingerprint density at radius 1 is 1.15 bits per heavy atom. The molecule has 10 nitrogen and oxygen atoms in total. The van der Waals surface area contributed by atoms with E-state index in [0.29, 0.717) is 41.5 Å². The Morgan fingerprint density at radius 3 is 2.62 bits per heavy atom. The second-order valence-corrected chi connectivity index (χ2v) is 10.00. The van der Waals surface area contributed by atoms with E-state index in [2.05, 4.69) is 15.5 Å². The highest BCUT2D eigenvalue weighted by Crippen LogP contribution is 2.33. The molecule has 3 aromatic rings. The molecule has 4 rings (SSSR count). The van der Waals surface area contributed by atoms with Gasteiger partial charge in [0, 0.05) is 24.2 Å². The Balaban J connectivity index is 1.45. The van der Waals surface area contributed by atoms with Gasteiger partial charge in [-0.1, -0.05) is 16.7 Å². The van der Waals surface area contributed by atoms with Gasteiger partial charge in [0.05, 0.1) is 30.6 Å². The standard InChI is InChI=1S/C22H23ClN4O6S/c1-31-16-7-10-18(19(12-16)32-2)21-25-26-22(33-21)24-20(28)14-4-3-11-27(13-14)34(29,30)17-8-5-15(23)6-9-17/h5-10,12,14H,3-4,11,13H2,1-2H3,(H,24,26,28). The summed E-state index contributed by atoms with van der Waals surface area (Å²) < 4.78 is 43.4. The van der Waals surface area contributed by atoms with Crippen molar-refractivity contribution in [3.8, 4) is 23.0 Å². The zero-order valence-electron chi connectivity index (χ0n) is 18.5. The molecule has 1 fully saturated rings. The summed E-state index contributed by atoms with van der Waals surface area (Å²) in [5, 5.41) is 10.9. The van der Waals surface area contributed by atoms with Gasteiger partial charge in [0.2, 0.25) is 15.9 Å². The maximum Gasteiger partial charge on any atom is 0.322 e. The number of hydrogen-bond donors (Lipinski definition) is 1. The number of nitrogens with one attached hydrogen (secondary N) is 1. The van der Waals surface area contributed by atoms with Crippen molar-refractivity contribution in [3.05, 3.63) is 47.5 Å². The summed E-state index contributed by atoms with van der Waals surface area (Å²) in [5.74, 6) is 0.264. The van der Waals surface area contributed by atoms with E-state index in [0.717, 1.165) is 0 Å². The molecule has 0 spiro atoms. The number of rotatable bonds is 7. The molecule has 1 aromatic heterocycles. The molecule has 1 amide bonds. The zero-order valence-corrected chi connectivity index (χ0v) is 20.1. The van der Waals surface area contributed by atoms with Gasteiger partial charge in [-0.3, -0.25) is 10.1 Å². The Kier molecular flexibility index (Phi) is 7.05. The minimum Gasteiger partial charge on any atom is -0.497 e. The highest BCUT2D eigenvalue weighted by Gasteiger charge is 2.34. The molecule has 0 aliphatic carbocycles. The molecule has 1 atom stereocenters. The lowest BCUT2D eigenvalue weighted by molar-refractivity contribution is -0.121. The maximum absolute atomic E-state index is 13.0. The quantitative estimate of drug-likeness (QED) is 0.516. The van der Waals surface area contributed by atoms with Crippen molar-refractivity contribution in [1.82, 2.24) is 14.5 Å². The molecule has 0 bridgehead atoms. The highest BCUT2D eigenvalue weighted by atomic mass is 35.5. The molecular weight excluding hydrogens is 484 g/mol. The van der Waals surface area contributed by atoms with Gasteiger partial charge in [-0.25, -0.2) is 8.42 Å². The minimum absolute atomic E-state index is 0.0457. The molecule has 12 heteroatoms. The van der Waals surface area contributed by atoms with Crippen LogP contribution in [0.15, 0.2) is 51.8 Å². The van der Waals surface area contributed by atoms with Crippen LogP contribution in [0.4, 0.5) is 6.01 Å². The average Bonchev–Trinajstić information content (AvgIpc) is 3.32. The van der Waals surface area contributed by atoms with E-state index in [1.807, 2.05) is 0 Å². The summed E-state index contributed by atoms with van der Waals surface area (Å²) in [5.41, 5.74) is 0.536. The number of nitrogens with zero attached hydrogens (tertiary/aromatic N) is 3. The lowest BCUT2D eigenvalue weighted by atomic mass is 9.99. The van der Waals surface area contributed by atoms with Crippen molar-refractivity contribution in [2.75, 3.05) is 32.6 Å². The van der Waals surface area contributed by atoms with Crippen LogP contribution in [0.5, 0.6) is 11.5 Å². The van der Waals surface area contributed by atoms with Crippen molar-refractivity contribution < 1.29 is 27.1 Å². The third kappa shape index (κ3) is 5.01. The van der Waals surface area contributed by atoms with Gasteiger partial charge in [-0.15, -0.1) is 5.10 Å². The first-order valence-electron chi connectivity index (χ1n) is 10.4. The average molecular weight is 507 g/mol. The van der Waals surface area contributed by atoms with Crippen LogP contribution in [0.3, 0.4) is 0 Å². The number of amides is 1. The molecule has 34 heavy (non-hydrogen) atoms. The van der Waals surface area contributed by atoms with E-state index in [9.17, 15) is 13.2 Å². The third-order valence-corrected chi connectivity index (χ3v) is 7.63. The molecule has 180 valence electrons. The summed E-state index contributed by atoms with van der Waals surface area (Å²) in [6.45, 7) is 0.376. The topological polar surface area (TPSA) is 124 Å². The number of carbonyl (C=O) groups excluding carboxylic acids is 1. The summed E-state index contributed by atoms with van der Waals surface area (Å²) >= 11 is 5.87. The molecule has 1 saturated heterocycles. The fourth-order valence-corrected chi connectivity index (χ4v) is 5.35. The lowest BCUT2D eigenvalue weighted by Gasteiger charge is -2.30. The van der Waals surface area contributed by atoms with Crippen LogP contribution in [0, 0.1) is 5.92 Å². The SMILES string of the molecule is COc1ccc(-c2nnc(NC(=O)C3CCCN(S(=O)(=O)c4ccc(Cl)cc4)C3)o2)c(OC)c1. The van der Waals surface area contributed by atoms with Crippen LogP contribution in [-0.2, 0) is 14.8 Å². The van der Waals surface area contributed by atoms with Gasteiger partial charge >= 0.3 is 6.01 Å². The first-order valence-corrected chi connectivity index (χ1v) is 12.3. The molecular formula is C22H23ClN4O6S. The van der Waals surface area contributed by atoms with Gasteiger partial charge in [0.1, 0.15) is 11.5 Å². The predicted octanol–water partition coefficient (Wildman–Crippen LogP) is 3.45. The summed E-state index contributed by atoms with van der Waals surface area (Å²) in [6, 6.07) is 11.0. The van der Waals surface area contributed by atoms with Crippen LogP contribution < -0.4 is 14.8 Å². The van der Waals surface area contributed by atoms with Gasteiger partial charge in [-0.05, 0) is 49.2 Å². The van der Waals surface area contributed by atoms with Gasteiger partial charge < -0.3 is 13.9 Å². The Hall–Kier alpha value is -3.15. The van der Waals surface area contributed by atoms with Crippen molar-refractivity contribution in [2.45, 2.75) is 17.7 Å². The molecule has 1 aliphatic heterocycles. The Bertz CT molecular complexity index is 1280. The summed E-state index contributed by atoms with van der Waals surface area (Å²) in [7, 11) is -0.697. The van der Waals surface area contributed by atoms with Gasteiger partial charge in [-0.2, -0.15) is 4.31 Å². The van der Waals surface area contributed by atoms with Crippen LogP contribution in [0.2, 0.25) is 5.02 Å². The van der Waals surface area contributed by atoms with Crippen LogP contribution in [-0.4, -0.2) is 56.1 Å². The molecule has 0 saturated carbocycles. The fraction of sp³-hybridized carbons (Fsp3) is 0.318. The number of ether oxygens (including phenoxy) is 2. The van der Waals surface area contributed by atoms with Gasteiger partial charge in [0.25, 0.3) is 5.89 Å². The smallest absolute Gasteiger partial charge is 0.322 e. The monoisotopic (exact) mass is 506 g/mol. The molecule has 1 unspecified atom stereocenters. The maximum atomic E-state index is 13.0. The number of sulfonamides is 1. The molecule has 1 aliphatic rings. The van der Waals surface area contributed by atoms with E-state index in [1.165, 1.54) is 35.7 Å². The van der Waals surface area contributed by atoms with E-state index < -0.39 is 21.8 Å². The first-order chi connectivity index (χ1) is 16.3. The molecule has 0 radical (unpaired) electrons. The van der Waals surface area contributed by atoms with Crippen LogP contribution in [0.1, 0.15) is 12.8 Å². The number of halogens is 1. The first kappa shape index (κ1) is 24.0. The second kappa shape index (κ2) is 10.00. The number of aromatic nitrogens is 2.